The van der Waals surface area contributed by atoms with E-state index in [9.17, 15) is 9.90 Å². The number of hydrogen-bond acceptors (Lipinski definition) is 5. The summed E-state index contributed by atoms with van der Waals surface area (Å²) in [6, 6.07) is 7.27. The van der Waals surface area contributed by atoms with Crippen LogP contribution in [0.3, 0.4) is 0 Å². The lowest BCUT2D eigenvalue weighted by Crippen LogP contribution is -2.51. The lowest BCUT2D eigenvalue weighted by molar-refractivity contribution is -0.142. The maximum Gasteiger partial charge on any atom is 0.263 e. The van der Waals surface area contributed by atoms with Crippen molar-refractivity contribution in [1.29, 1.82) is 0 Å². The van der Waals surface area contributed by atoms with E-state index in [2.05, 4.69) is 4.98 Å². The van der Waals surface area contributed by atoms with Crippen molar-refractivity contribution < 1.29 is 19.4 Å². The van der Waals surface area contributed by atoms with E-state index in [-0.39, 0.29) is 5.91 Å². The molecule has 1 atom stereocenters. The second-order valence-electron chi connectivity index (χ2n) is 7.06. The number of likely N-dealkylation sites (tertiary alicyclic amines) is 1. The van der Waals surface area contributed by atoms with E-state index in [0.29, 0.717) is 44.0 Å². The monoisotopic (exact) mass is 373 g/mol. The molecule has 1 amide bonds. The smallest absolute Gasteiger partial charge is 0.263 e. The Bertz CT molecular complexity index is 781. The number of para-hydroxylation sites is 2. The third-order valence-corrected chi connectivity index (χ3v) is 5.11. The highest BCUT2D eigenvalue weighted by Crippen LogP contribution is 2.28. The van der Waals surface area contributed by atoms with Crippen LogP contribution in [0.1, 0.15) is 25.6 Å². The Hall–Kier alpha value is -2.54. The van der Waals surface area contributed by atoms with Gasteiger partial charge in [-0.2, -0.15) is 0 Å². The lowest BCUT2D eigenvalue weighted by atomic mass is 9.91. The number of aliphatic hydroxyl groups is 1. The number of rotatable bonds is 6. The molecular formula is C20H27N3O4. The summed E-state index contributed by atoms with van der Waals surface area (Å²) < 4.78 is 13.0. The summed E-state index contributed by atoms with van der Waals surface area (Å²) >= 11 is 0. The van der Waals surface area contributed by atoms with Gasteiger partial charge in [0, 0.05) is 25.5 Å². The number of benzene rings is 1. The Balaban J connectivity index is 1.57. The predicted octanol–water partition coefficient (Wildman–Crippen LogP) is 2.02. The zero-order valence-corrected chi connectivity index (χ0v) is 16.1. The summed E-state index contributed by atoms with van der Waals surface area (Å²) in [5.41, 5.74) is -0.824. The molecular weight excluding hydrogens is 346 g/mol. The molecule has 0 bridgehead atoms. The first-order valence-electron chi connectivity index (χ1n) is 9.20. The van der Waals surface area contributed by atoms with Crippen LogP contribution in [-0.4, -0.2) is 57.4 Å². The van der Waals surface area contributed by atoms with Crippen LogP contribution < -0.4 is 9.47 Å². The van der Waals surface area contributed by atoms with Crippen molar-refractivity contribution >= 4 is 5.91 Å². The molecule has 1 saturated heterocycles. The Labute approximate surface area is 159 Å². The van der Waals surface area contributed by atoms with Crippen molar-refractivity contribution in [1.82, 2.24) is 14.5 Å². The lowest BCUT2D eigenvalue weighted by Gasteiger charge is -2.39. The molecule has 2 heterocycles. The van der Waals surface area contributed by atoms with Crippen LogP contribution in [0.25, 0.3) is 0 Å². The number of nitrogens with zero attached hydrogens (tertiary/aromatic N) is 3. The van der Waals surface area contributed by atoms with E-state index in [1.165, 1.54) is 0 Å². The topological polar surface area (TPSA) is 76.8 Å². The molecule has 27 heavy (non-hydrogen) atoms. The molecule has 0 saturated carbocycles. The fourth-order valence-corrected chi connectivity index (χ4v) is 3.40. The molecule has 0 radical (unpaired) electrons. The van der Waals surface area contributed by atoms with Gasteiger partial charge in [0.05, 0.1) is 19.3 Å². The molecule has 146 valence electrons. The molecule has 1 aromatic carbocycles. The van der Waals surface area contributed by atoms with Crippen LogP contribution in [0.15, 0.2) is 36.7 Å². The largest absolute Gasteiger partial charge is 0.493 e. The second kappa shape index (κ2) is 8.00. The minimum atomic E-state index is -0.824. The summed E-state index contributed by atoms with van der Waals surface area (Å²) in [7, 11) is 1.57. The molecule has 1 N–H and O–H groups in total. The third kappa shape index (κ3) is 4.42. The number of piperidine rings is 1. The van der Waals surface area contributed by atoms with Gasteiger partial charge in [0.2, 0.25) is 0 Å². The van der Waals surface area contributed by atoms with Crippen molar-refractivity contribution in [2.75, 3.05) is 20.2 Å². The molecule has 7 nitrogen and oxygen atoms in total. The SMILES string of the molecule is COc1ccccc1O[C@H](C)C(=O)N1CCC(O)(Cn2ccnc2C)CC1. The molecule has 1 aliphatic rings. The van der Waals surface area contributed by atoms with Crippen LogP contribution in [0, 0.1) is 6.92 Å². The Morgan fingerprint density at radius 3 is 2.56 bits per heavy atom. The number of aryl methyl sites for hydroxylation is 1. The molecule has 1 aliphatic heterocycles. The highest BCUT2D eigenvalue weighted by atomic mass is 16.5. The molecule has 2 aromatic rings. The van der Waals surface area contributed by atoms with Gasteiger partial charge in [-0.25, -0.2) is 4.98 Å². The van der Waals surface area contributed by atoms with Gasteiger partial charge in [-0.3, -0.25) is 4.79 Å². The van der Waals surface area contributed by atoms with Crippen LogP contribution >= 0.6 is 0 Å². The minimum Gasteiger partial charge on any atom is -0.493 e. The number of carbonyl (C=O) groups is 1. The van der Waals surface area contributed by atoms with Crippen molar-refractivity contribution in [2.45, 2.75) is 44.9 Å². The Kier molecular flexibility index (Phi) is 5.70. The first kappa shape index (κ1) is 19.2. The van der Waals surface area contributed by atoms with Gasteiger partial charge in [-0.1, -0.05) is 12.1 Å². The summed E-state index contributed by atoms with van der Waals surface area (Å²) in [4.78, 5) is 18.7. The van der Waals surface area contributed by atoms with Crippen LogP contribution in [-0.2, 0) is 11.3 Å². The maximum atomic E-state index is 12.7. The summed E-state index contributed by atoms with van der Waals surface area (Å²) in [6.45, 7) is 5.16. The quantitative estimate of drug-likeness (QED) is 0.838. The maximum absolute atomic E-state index is 12.7. The van der Waals surface area contributed by atoms with Gasteiger partial charge in [0.1, 0.15) is 5.82 Å². The van der Waals surface area contributed by atoms with Gasteiger partial charge in [0.15, 0.2) is 17.6 Å². The van der Waals surface area contributed by atoms with Crippen molar-refractivity contribution in [3.8, 4) is 11.5 Å². The molecule has 7 heteroatoms. The van der Waals surface area contributed by atoms with Crippen LogP contribution in [0.5, 0.6) is 11.5 Å². The third-order valence-electron chi connectivity index (χ3n) is 5.11. The Morgan fingerprint density at radius 1 is 1.30 bits per heavy atom. The minimum absolute atomic E-state index is 0.0817. The fourth-order valence-electron chi connectivity index (χ4n) is 3.40. The second-order valence-corrected chi connectivity index (χ2v) is 7.06. The van der Waals surface area contributed by atoms with Crippen molar-refractivity contribution in [3.05, 3.63) is 42.5 Å². The molecule has 3 rings (SSSR count). The van der Waals surface area contributed by atoms with E-state index in [0.717, 1.165) is 5.82 Å². The number of methoxy groups -OCH3 is 1. The van der Waals surface area contributed by atoms with E-state index in [4.69, 9.17) is 9.47 Å². The molecule has 0 spiro atoms. The van der Waals surface area contributed by atoms with Crippen molar-refractivity contribution in [3.63, 3.8) is 0 Å². The molecule has 0 aliphatic carbocycles. The first-order valence-corrected chi connectivity index (χ1v) is 9.20. The summed E-state index contributed by atoms with van der Waals surface area (Å²) in [5, 5.41) is 10.9. The average molecular weight is 373 g/mol. The molecule has 1 aromatic heterocycles. The first-order chi connectivity index (χ1) is 12.9. The number of amides is 1. The number of hydrogen-bond donors (Lipinski definition) is 1. The van der Waals surface area contributed by atoms with E-state index in [1.807, 2.05) is 29.8 Å². The number of aromatic nitrogens is 2. The number of carbonyl (C=O) groups excluding carboxylic acids is 1. The summed E-state index contributed by atoms with van der Waals surface area (Å²) in [5.74, 6) is 1.94. The van der Waals surface area contributed by atoms with Gasteiger partial charge in [-0.15, -0.1) is 0 Å². The van der Waals surface area contributed by atoms with Gasteiger partial charge >= 0.3 is 0 Å². The normalized spacial score (nSPS) is 17.4. The van der Waals surface area contributed by atoms with E-state index >= 15 is 0 Å². The zero-order chi connectivity index (χ0) is 19.4. The van der Waals surface area contributed by atoms with Crippen LogP contribution in [0.4, 0.5) is 0 Å². The Morgan fingerprint density at radius 2 is 1.96 bits per heavy atom. The number of imidazole rings is 1. The standard InChI is InChI=1S/C20H27N3O4/c1-15(27-18-7-5-4-6-17(18)26-3)19(24)22-11-8-20(25,9-12-22)14-23-13-10-21-16(23)2/h4-7,10,13,15,25H,8-9,11-12,14H2,1-3H3/t15-/m1/s1. The fraction of sp³-hybridized carbons (Fsp3) is 0.500. The van der Waals surface area contributed by atoms with Crippen LogP contribution in [0.2, 0.25) is 0 Å². The van der Waals surface area contributed by atoms with E-state index < -0.39 is 11.7 Å². The van der Waals surface area contributed by atoms with Gasteiger partial charge in [-0.05, 0) is 38.8 Å². The molecule has 0 unspecified atom stereocenters. The summed E-state index contributed by atoms with van der Waals surface area (Å²) in [6.07, 6.45) is 4.03. The van der Waals surface area contributed by atoms with E-state index in [1.54, 1.807) is 37.3 Å². The van der Waals surface area contributed by atoms with Gasteiger partial charge < -0.3 is 24.0 Å². The van der Waals surface area contributed by atoms with Crippen molar-refractivity contribution in [2.24, 2.45) is 0 Å². The predicted molar refractivity (Wildman–Crippen MR) is 101 cm³/mol. The number of ether oxygens (including phenoxy) is 2. The highest BCUT2D eigenvalue weighted by Gasteiger charge is 2.36. The zero-order valence-electron chi connectivity index (χ0n) is 16.1. The average Bonchev–Trinajstić information content (AvgIpc) is 3.06. The molecule has 1 fully saturated rings. The highest BCUT2D eigenvalue weighted by molar-refractivity contribution is 5.81. The van der Waals surface area contributed by atoms with Gasteiger partial charge in [0.25, 0.3) is 5.91 Å².